The lowest BCUT2D eigenvalue weighted by molar-refractivity contribution is 0.441. The van der Waals surface area contributed by atoms with Gasteiger partial charge in [0.2, 0.25) is 0 Å². The van der Waals surface area contributed by atoms with Gasteiger partial charge in [-0.1, -0.05) is 28.9 Å². The van der Waals surface area contributed by atoms with E-state index in [0.717, 1.165) is 16.5 Å². The van der Waals surface area contributed by atoms with Gasteiger partial charge in [0.25, 0.3) is 0 Å². The lowest BCUT2D eigenvalue weighted by atomic mass is 10.1. The fourth-order valence-corrected chi connectivity index (χ4v) is 1.97. The topological polar surface area (TPSA) is 52.0 Å². The van der Waals surface area contributed by atoms with Gasteiger partial charge in [-0.25, -0.2) is 0 Å². The summed E-state index contributed by atoms with van der Waals surface area (Å²) in [6, 6.07) is 13.0. The zero-order valence-corrected chi connectivity index (χ0v) is 9.61. The molecular weight excluding hydrogens is 236 g/mol. The van der Waals surface area contributed by atoms with Crippen molar-refractivity contribution in [2.45, 2.75) is 0 Å². The summed E-state index contributed by atoms with van der Waals surface area (Å²) in [6.45, 7) is 0. The van der Waals surface area contributed by atoms with Crippen molar-refractivity contribution in [2.24, 2.45) is 0 Å². The first kappa shape index (κ1) is 10.2. The van der Waals surface area contributed by atoms with Crippen LogP contribution in [-0.2, 0) is 0 Å². The van der Waals surface area contributed by atoms with E-state index in [-0.39, 0.29) is 0 Å². The van der Waals surface area contributed by atoms with E-state index >= 15 is 0 Å². The zero-order valence-electron chi connectivity index (χ0n) is 8.85. The predicted octanol–water partition coefficient (Wildman–Crippen LogP) is 3.73. The largest absolute Gasteiger partial charge is 0.399 e. The Morgan fingerprint density at radius 3 is 2.82 bits per heavy atom. The van der Waals surface area contributed by atoms with Gasteiger partial charge in [-0.15, -0.1) is 0 Å². The van der Waals surface area contributed by atoms with E-state index in [1.54, 1.807) is 6.07 Å². The Morgan fingerprint density at radius 1 is 1.12 bits per heavy atom. The molecule has 0 radical (unpaired) electrons. The van der Waals surface area contributed by atoms with Gasteiger partial charge in [0.15, 0.2) is 5.76 Å². The van der Waals surface area contributed by atoms with E-state index in [4.69, 9.17) is 21.9 Å². The molecule has 1 heterocycles. The molecule has 4 heteroatoms. The highest BCUT2D eigenvalue weighted by Crippen LogP contribution is 2.30. The molecule has 0 aliphatic heterocycles. The molecule has 2 N–H and O–H groups in total. The Balaban J connectivity index is 2.24. The molecular formula is C13H9ClN2O. The van der Waals surface area contributed by atoms with Gasteiger partial charge in [-0.2, -0.15) is 0 Å². The smallest absolute Gasteiger partial charge is 0.174 e. The minimum Gasteiger partial charge on any atom is -0.399 e. The number of hydrogen-bond acceptors (Lipinski definition) is 3. The molecule has 3 aromatic rings. The van der Waals surface area contributed by atoms with Gasteiger partial charge in [-0.3, -0.25) is 0 Å². The number of nitrogen functional groups attached to an aromatic ring is 1. The van der Waals surface area contributed by atoms with E-state index < -0.39 is 0 Å². The van der Waals surface area contributed by atoms with Crippen molar-refractivity contribution in [3.05, 3.63) is 47.5 Å². The Kier molecular flexibility index (Phi) is 2.27. The second-order valence-corrected chi connectivity index (χ2v) is 4.24. The number of nitrogens with two attached hydrogens (primary N) is 1. The number of rotatable bonds is 1. The molecule has 0 bridgehead atoms. The molecule has 0 saturated heterocycles. The molecule has 0 saturated carbocycles. The van der Waals surface area contributed by atoms with Crippen molar-refractivity contribution in [1.29, 1.82) is 0 Å². The normalized spacial score (nSPS) is 10.9. The van der Waals surface area contributed by atoms with E-state index in [1.165, 1.54) is 0 Å². The first-order valence-electron chi connectivity index (χ1n) is 5.15. The summed E-state index contributed by atoms with van der Waals surface area (Å²) in [4.78, 5) is 0. The van der Waals surface area contributed by atoms with Gasteiger partial charge >= 0.3 is 0 Å². The molecule has 0 unspecified atom stereocenters. The minimum atomic E-state index is 0.643. The number of anilines is 1. The summed E-state index contributed by atoms with van der Waals surface area (Å²) < 4.78 is 5.35. The molecule has 0 atom stereocenters. The van der Waals surface area contributed by atoms with Gasteiger partial charge in [0.1, 0.15) is 5.52 Å². The Hall–Kier alpha value is -2.00. The average Bonchev–Trinajstić information content (AvgIpc) is 2.71. The number of fused-ring (bicyclic) bond motifs is 1. The van der Waals surface area contributed by atoms with Crippen molar-refractivity contribution >= 4 is 28.2 Å². The fourth-order valence-electron chi connectivity index (χ4n) is 1.80. The summed E-state index contributed by atoms with van der Waals surface area (Å²) in [7, 11) is 0. The van der Waals surface area contributed by atoms with Crippen LogP contribution in [0, 0.1) is 0 Å². The number of benzene rings is 2. The lowest BCUT2D eigenvalue weighted by Gasteiger charge is -1.98. The summed E-state index contributed by atoms with van der Waals surface area (Å²) in [5.41, 5.74) is 8.10. The van der Waals surface area contributed by atoms with Crippen molar-refractivity contribution in [3.63, 3.8) is 0 Å². The highest BCUT2D eigenvalue weighted by atomic mass is 35.5. The SMILES string of the molecule is Nc1cccc(-c2onc3cc(Cl)ccc23)c1. The third kappa shape index (κ3) is 1.74. The van der Waals surface area contributed by atoms with E-state index in [1.807, 2.05) is 36.4 Å². The van der Waals surface area contributed by atoms with Crippen LogP contribution < -0.4 is 5.73 Å². The van der Waals surface area contributed by atoms with E-state index in [9.17, 15) is 0 Å². The number of nitrogens with zero attached hydrogens (tertiary/aromatic N) is 1. The van der Waals surface area contributed by atoms with Crippen LogP contribution in [0.4, 0.5) is 5.69 Å². The van der Waals surface area contributed by atoms with Gasteiger partial charge in [0, 0.05) is 21.7 Å². The second kappa shape index (κ2) is 3.79. The maximum atomic E-state index is 5.90. The maximum Gasteiger partial charge on any atom is 0.174 e. The van der Waals surface area contributed by atoms with Crippen molar-refractivity contribution < 1.29 is 4.52 Å². The molecule has 1 aromatic heterocycles. The molecule has 0 aliphatic carbocycles. The van der Waals surface area contributed by atoms with Gasteiger partial charge in [-0.05, 0) is 30.3 Å². The van der Waals surface area contributed by atoms with Crippen LogP contribution in [0.3, 0.4) is 0 Å². The molecule has 2 aromatic carbocycles. The minimum absolute atomic E-state index is 0.643. The summed E-state index contributed by atoms with van der Waals surface area (Å²) in [6.07, 6.45) is 0. The monoisotopic (exact) mass is 244 g/mol. The first-order valence-corrected chi connectivity index (χ1v) is 5.53. The molecule has 3 rings (SSSR count). The van der Waals surface area contributed by atoms with Crippen molar-refractivity contribution in [2.75, 3.05) is 5.73 Å². The Morgan fingerprint density at radius 2 is 2.00 bits per heavy atom. The second-order valence-electron chi connectivity index (χ2n) is 3.80. The molecule has 0 aliphatic rings. The fraction of sp³-hybridized carbons (Fsp3) is 0. The lowest BCUT2D eigenvalue weighted by Crippen LogP contribution is -1.84. The quantitative estimate of drug-likeness (QED) is 0.664. The molecule has 0 fully saturated rings. The van der Waals surface area contributed by atoms with Gasteiger partial charge < -0.3 is 10.3 Å². The van der Waals surface area contributed by atoms with Crippen LogP contribution in [-0.4, -0.2) is 5.16 Å². The van der Waals surface area contributed by atoms with Crippen LogP contribution >= 0.6 is 11.6 Å². The third-order valence-electron chi connectivity index (χ3n) is 2.59. The number of aromatic nitrogens is 1. The molecule has 3 nitrogen and oxygen atoms in total. The van der Waals surface area contributed by atoms with Crippen LogP contribution in [0.25, 0.3) is 22.2 Å². The van der Waals surface area contributed by atoms with Crippen LogP contribution in [0.15, 0.2) is 47.0 Å². The maximum absolute atomic E-state index is 5.90. The van der Waals surface area contributed by atoms with Crippen LogP contribution in [0.1, 0.15) is 0 Å². The third-order valence-corrected chi connectivity index (χ3v) is 2.82. The summed E-state index contributed by atoms with van der Waals surface area (Å²) >= 11 is 5.90. The van der Waals surface area contributed by atoms with Crippen LogP contribution in [0.2, 0.25) is 5.02 Å². The Bertz CT molecular complexity index is 691. The van der Waals surface area contributed by atoms with E-state index in [2.05, 4.69) is 5.16 Å². The zero-order chi connectivity index (χ0) is 11.8. The standard InChI is InChI=1S/C13H9ClN2O/c14-9-4-5-11-12(7-9)16-17-13(11)8-2-1-3-10(15)6-8/h1-7H,15H2. The van der Waals surface area contributed by atoms with Gasteiger partial charge in [0.05, 0.1) is 0 Å². The highest BCUT2D eigenvalue weighted by molar-refractivity contribution is 6.31. The van der Waals surface area contributed by atoms with E-state index in [0.29, 0.717) is 16.5 Å². The van der Waals surface area contributed by atoms with Crippen LogP contribution in [0.5, 0.6) is 0 Å². The number of halogens is 1. The molecule has 0 spiro atoms. The Labute approximate surface area is 103 Å². The number of hydrogen-bond donors (Lipinski definition) is 1. The van der Waals surface area contributed by atoms with Crippen molar-refractivity contribution in [3.8, 4) is 11.3 Å². The highest BCUT2D eigenvalue weighted by Gasteiger charge is 2.10. The first-order chi connectivity index (χ1) is 8.24. The summed E-state index contributed by atoms with van der Waals surface area (Å²) in [5.74, 6) is 0.712. The molecule has 84 valence electrons. The predicted molar refractivity (Wildman–Crippen MR) is 68.9 cm³/mol. The average molecular weight is 245 g/mol. The molecule has 17 heavy (non-hydrogen) atoms. The summed E-state index contributed by atoms with van der Waals surface area (Å²) in [5, 5.41) is 5.56. The van der Waals surface area contributed by atoms with Crippen molar-refractivity contribution in [1.82, 2.24) is 5.16 Å². The molecule has 0 amide bonds.